The Labute approximate surface area is 131 Å². The van der Waals surface area contributed by atoms with Crippen LogP contribution in [0.5, 0.6) is 0 Å². The van der Waals surface area contributed by atoms with Crippen LogP contribution in [-0.2, 0) is 16.0 Å². The normalized spacial score (nSPS) is 10.0. The van der Waals surface area contributed by atoms with E-state index in [2.05, 4.69) is 26.6 Å². The molecule has 0 atom stereocenters. The molecule has 0 fully saturated rings. The van der Waals surface area contributed by atoms with Crippen LogP contribution in [0.15, 0.2) is 53.0 Å². The minimum absolute atomic E-state index is 0.133. The zero-order chi connectivity index (χ0) is 15.2. The van der Waals surface area contributed by atoms with Crippen LogP contribution in [0.1, 0.15) is 12.5 Å². The molecular formula is C16H15BrN2O2. The first-order valence-electron chi connectivity index (χ1n) is 6.45. The highest BCUT2D eigenvalue weighted by Gasteiger charge is 2.09. The number of carbonyl (C=O) groups excluding carboxylic acids is 2. The summed E-state index contributed by atoms with van der Waals surface area (Å²) in [6.45, 7) is 1.43. The van der Waals surface area contributed by atoms with E-state index in [4.69, 9.17) is 0 Å². The van der Waals surface area contributed by atoms with Crippen LogP contribution in [0.25, 0.3) is 0 Å². The highest BCUT2D eigenvalue weighted by atomic mass is 79.9. The van der Waals surface area contributed by atoms with E-state index >= 15 is 0 Å². The van der Waals surface area contributed by atoms with Crippen molar-refractivity contribution in [2.45, 2.75) is 13.3 Å². The Morgan fingerprint density at radius 2 is 1.71 bits per heavy atom. The zero-order valence-electron chi connectivity index (χ0n) is 11.5. The molecule has 0 heterocycles. The molecule has 0 radical (unpaired) electrons. The number of hydrogen-bond acceptors (Lipinski definition) is 2. The zero-order valence-corrected chi connectivity index (χ0v) is 13.1. The topological polar surface area (TPSA) is 58.2 Å². The molecule has 0 unspecified atom stereocenters. The third-order valence-corrected chi connectivity index (χ3v) is 3.27. The maximum absolute atomic E-state index is 12.1. The van der Waals surface area contributed by atoms with Crippen molar-refractivity contribution < 1.29 is 9.59 Å². The van der Waals surface area contributed by atoms with Crippen LogP contribution in [-0.4, -0.2) is 11.8 Å². The lowest BCUT2D eigenvalue weighted by Gasteiger charge is -2.12. The average molecular weight is 347 g/mol. The molecule has 2 amide bonds. The molecule has 0 aliphatic carbocycles. The van der Waals surface area contributed by atoms with Gasteiger partial charge in [-0.2, -0.15) is 0 Å². The van der Waals surface area contributed by atoms with E-state index in [1.54, 1.807) is 18.2 Å². The maximum atomic E-state index is 12.1. The van der Waals surface area contributed by atoms with E-state index in [-0.39, 0.29) is 18.2 Å². The molecule has 0 saturated heterocycles. The third-order valence-electron chi connectivity index (χ3n) is 2.77. The molecule has 0 aliphatic rings. The first-order valence-corrected chi connectivity index (χ1v) is 7.25. The fourth-order valence-electron chi connectivity index (χ4n) is 1.89. The summed E-state index contributed by atoms with van der Waals surface area (Å²) in [5.74, 6) is -0.318. The van der Waals surface area contributed by atoms with Crippen LogP contribution < -0.4 is 10.6 Å². The molecule has 0 aliphatic heterocycles. The minimum atomic E-state index is -0.184. The number of benzene rings is 2. The number of carbonyl (C=O) groups is 2. The summed E-state index contributed by atoms with van der Waals surface area (Å²) in [6, 6.07) is 14.8. The summed E-state index contributed by atoms with van der Waals surface area (Å²) >= 11 is 3.36. The van der Waals surface area contributed by atoms with Gasteiger partial charge >= 0.3 is 0 Å². The van der Waals surface area contributed by atoms with Crippen molar-refractivity contribution in [1.29, 1.82) is 0 Å². The lowest BCUT2D eigenvalue weighted by molar-refractivity contribution is -0.116. The Bertz CT molecular complexity index is 657. The minimum Gasteiger partial charge on any atom is -0.325 e. The van der Waals surface area contributed by atoms with Gasteiger partial charge in [-0.25, -0.2) is 0 Å². The quantitative estimate of drug-likeness (QED) is 0.888. The van der Waals surface area contributed by atoms with Gasteiger partial charge in [0.2, 0.25) is 11.8 Å². The van der Waals surface area contributed by atoms with Crippen molar-refractivity contribution in [3.63, 3.8) is 0 Å². The second-order valence-corrected chi connectivity index (χ2v) is 5.50. The predicted octanol–water partition coefficient (Wildman–Crippen LogP) is 3.59. The van der Waals surface area contributed by atoms with Crippen molar-refractivity contribution in [2.75, 3.05) is 10.6 Å². The van der Waals surface area contributed by atoms with Crippen LogP contribution in [0, 0.1) is 0 Å². The molecule has 0 bridgehead atoms. The standard InChI is InChI=1S/C16H15BrN2O2/c1-11(20)18-14-8-7-13(17)10-15(14)19-16(21)9-12-5-3-2-4-6-12/h2-8,10H,9H2,1H3,(H,18,20)(H,19,21). The smallest absolute Gasteiger partial charge is 0.228 e. The lowest BCUT2D eigenvalue weighted by atomic mass is 10.1. The van der Waals surface area contributed by atoms with E-state index in [9.17, 15) is 9.59 Å². The average Bonchev–Trinajstić information content (AvgIpc) is 2.42. The number of nitrogens with one attached hydrogen (secondary N) is 2. The summed E-state index contributed by atoms with van der Waals surface area (Å²) in [5, 5.41) is 5.52. The lowest BCUT2D eigenvalue weighted by Crippen LogP contribution is -2.16. The van der Waals surface area contributed by atoms with E-state index in [1.165, 1.54) is 6.92 Å². The third kappa shape index (κ3) is 4.72. The molecule has 108 valence electrons. The largest absolute Gasteiger partial charge is 0.325 e. The second-order valence-electron chi connectivity index (χ2n) is 4.58. The van der Waals surface area contributed by atoms with Gasteiger partial charge in [0.05, 0.1) is 17.8 Å². The molecular weight excluding hydrogens is 332 g/mol. The molecule has 2 N–H and O–H groups in total. The fourth-order valence-corrected chi connectivity index (χ4v) is 2.26. The molecule has 5 heteroatoms. The Hall–Kier alpha value is -2.14. The molecule has 2 aromatic carbocycles. The van der Waals surface area contributed by atoms with Crippen LogP contribution in [0.2, 0.25) is 0 Å². The number of amides is 2. The Morgan fingerprint density at radius 3 is 2.38 bits per heavy atom. The maximum Gasteiger partial charge on any atom is 0.228 e. The van der Waals surface area contributed by atoms with Crippen molar-refractivity contribution in [2.24, 2.45) is 0 Å². The summed E-state index contributed by atoms with van der Waals surface area (Å²) < 4.78 is 0.826. The number of halogens is 1. The van der Waals surface area contributed by atoms with Crippen molar-refractivity contribution >= 4 is 39.1 Å². The van der Waals surface area contributed by atoms with Crippen LogP contribution in [0.3, 0.4) is 0 Å². The van der Waals surface area contributed by atoms with E-state index in [0.29, 0.717) is 11.4 Å². The molecule has 2 aromatic rings. The van der Waals surface area contributed by atoms with E-state index in [1.807, 2.05) is 30.3 Å². The SMILES string of the molecule is CC(=O)Nc1ccc(Br)cc1NC(=O)Cc1ccccc1. The van der Waals surface area contributed by atoms with Crippen LogP contribution in [0.4, 0.5) is 11.4 Å². The predicted molar refractivity (Wildman–Crippen MR) is 87.2 cm³/mol. The van der Waals surface area contributed by atoms with Gasteiger partial charge in [0.15, 0.2) is 0 Å². The summed E-state index contributed by atoms with van der Waals surface area (Å²) in [7, 11) is 0. The number of hydrogen-bond donors (Lipinski definition) is 2. The summed E-state index contributed by atoms with van der Waals surface area (Å²) in [6.07, 6.45) is 0.285. The Morgan fingerprint density at radius 1 is 1.00 bits per heavy atom. The van der Waals surface area contributed by atoms with Gasteiger partial charge < -0.3 is 10.6 Å². The van der Waals surface area contributed by atoms with Crippen molar-refractivity contribution in [3.8, 4) is 0 Å². The van der Waals surface area contributed by atoms with Gasteiger partial charge in [-0.05, 0) is 23.8 Å². The monoisotopic (exact) mass is 346 g/mol. The highest BCUT2D eigenvalue weighted by Crippen LogP contribution is 2.26. The van der Waals surface area contributed by atoms with Crippen LogP contribution >= 0.6 is 15.9 Å². The highest BCUT2D eigenvalue weighted by molar-refractivity contribution is 9.10. The first-order chi connectivity index (χ1) is 10.0. The number of rotatable bonds is 4. The van der Waals surface area contributed by atoms with Gasteiger partial charge in [-0.1, -0.05) is 46.3 Å². The van der Waals surface area contributed by atoms with E-state index in [0.717, 1.165) is 10.0 Å². The second kappa shape index (κ2) is 7.04. The summed E-state index contributed by atoms with van der Waals surface area (Å²) in [5.41, 5.74) is 2.08. The van der Waals surface area contributed by atoms with Crippen molar-refractivity contribution in [3.05, 3.63) is 58.6 Å². The van der Waals surface area contributed by atoms with E-state index < -0.39 is 0 Å². The Balaban J connectivity index is 2.12. The molecule has 2 rings (SSSR count). The number of anilines is 2. The molecule has 0 spiro atoms. The fraction of sp³-hybridized carbons (Fsp3) is 0.125. The van der Waals surface area contributed by atoms with Gasteiger partial charge in [0.1, 0.15) is 0 Å². The molecule has 0 aromatic heterocycles. The van der Waals surface area contributed by atoms with Gasteiger partial charge in [-0.15, -0.1) is 0 Å². The van der Waals surface area contributed by atoms with Crippen molar-refractivity contribution in [1.82, 2.24) is 0 Å². The Kier molecular flexibility index (Phi) is 5.11. The molecule has 0 saturated carbocycles. The van der Waals surface area contributed by atoms with Gasteiger partial charge in [-0.3, -0.25) is 9.59 Å². The van der Waals surface area contributed by atoms with Gasteiger partial charge in [0, 0.05) is 11.4 Å². The molecule has 4 nitrogen and oxygen atoms in total. The first kappa shape index (κ1) is 15.3. The molecule has 21 heavy (non-hydrogen) atoms. The van der Waals surface area contributed by atoms with Gasteiger partial charge in [0.25, 0.3) is 0 Å². The summed E-state index contributed by atoms with van der Waals surface area (Å²) in [4.78, 5) is 23.3.